The maximum absolute atomic E-state index is 11.5. The summed E-state index contributed by atoms with van der Waals surface area (Å²) in [6.45, 7) is 1.97. The molecule has 0 unspecified atom stereocenters. The van der Waals surface area contributed by atoms with Gasteiger partial charge in [0.15, 0.2) is 0 Å². The van der Waals surface area contributed by atoms with Gasteiger partial charge in [-0.1, -0.05) is 18.2 Å². The van der Waals surface area contributed by atoms with Gasteiger partial charge in [-0.05, 0) is 19.1 Å². The fraction of sp³-hybridized carbons (Fsp3) is 0.214. The summed E-state index contributed by atoms with van der Waals surface area (Å²) >= 11 is 0. The second-order valence-corrected chi connectivity index (χ2v) is 3.95. The zero-order chi connectivity index (χ0) is 14.4. The number of esters is 1. The van der Waals surface area contributed by atoms with Crippen molar-refractivity contribution >= 4 is 11.9 Å². The number of aromatic nitrogens is 2. The lowest BCUT2D eigenvalue weighted by atomic mass is 10.3. The molecule has 6 nitrogen and oxygen atoms in total. The zero-order valence-corrected chi connectivity index (χ0v) is 11.1. The van der Waals surface area contributed by atoms with Crippen molar-refractivity contribution in [1.82, 2.24) is 14.9 Å². The van der Waals surface area contributed by atoms with Gasteiger partial charge in [0.2, 0.25) is 0 Å². The van der Waals surface area contributed by atoms with Gasteiger partial charge < -0.3 is 14.6 Å². The highest BCUT2D eigenvalue weighted by Crippen LogP contribution is 2.09. The number of carbonyl (C=O) groups is 2. The van der Waals surface area contributed by atoms with Crippen molar-refractivity contribution in [3.05, 3.63) is 48.5 Å². The first-order valence-electron chi connectivity index (χ1n) is 6.25. The Bertz CT molecular complexity index is 593. The molecule has 0 aliphatic carbocycles. The second kappa shape index (κ2) is 6.51. The molecule has 1 aromatic heterocycles. The van der Waals surface area contributed by atoms with E-state index in [2.05, 4.69) is 15.0 Å². The monoisotopic (exact) mass is 273 g/mol. The lowest BCUT2D eigenvalue weighted by molar-refractivity contribution is -0.154. The Hall–Kier alpha value is -2.63. The molecule has 0 atom stereocenters. The lowest BCUT2D eigenvalue weighted by Crippen LogP contribution is -2.32. The molecule has 20 heavy (non-hydrogen) atoms. The molecule has 1 N–H and O–H groups in total. The van der Waals surface area contributed by atoms with Gasteiger partial charge in [0, 0.05) is 18.1 Å². The molecule has 0 aliphatic rings. The van der Waals surface area contributed by atoms with Crippen LogP contribution >= 0.6 is 0 Å². The molecule has 6 heteroatoms. The Morgan fingerprint density at radius 1 is 1.30 bits per heavy atom. The summed E-state index contributed by atoms with van der Waals surface area (Å²) in [5.41, 5.74) is 0.936. The molecule has 2 rings (SSSR count). The Kier molecular flexibility index (Phi) is 4.49. The van der Waals surface area contributed by atoms with Crippen LogP contribution < -0.4 is 5.32 Å². The van der Waals surface area contributed by atoms with Crippen LogP contribution in [-0.4, -0.2) is 28.0 Å². The first-order valence-corrected chi connectivity index (χ1v) is 6.25. The molecular weight excluding hydrogens is 258 g/mol. The third kappa shape index (κ3) is 3.23. The summed E-state index contributed by atoms with van der Waals surface area (Å²) in [4.78, 5) is 26.8. The van der Waals surface area contributed by atoms with Gasteiger partial charge >= 0.3 is 11.9 Å². The number of benzene rings is 1. The largest absolute Gasteiger partial charge is 0.459 e. The first kappa shape index (κ1) is 13.8. The van der Waals surface area contributed by atoms with E-state index in [0.29, 0.717) is 5.82 Å². The first-order chi connectivity index (χ1) is 9.72. The average Bonchev–Trinajstić information content (AvgIpc) is 2.94. The maximum Gasteiger partial charge on any atom is 0.396 e. The molecule has 0 radical (unpaired) electrons. The van der Waals surface area contributed by atoms with Crippen LogP contribution in [0, 0.1) is 0 Å². The van der Waals surface area contributed by atoms with Crippen molar-refractivity contribution < 1.29 is 14.3 Å². The molecule has 0 saturated heterocycles. The number of hydrogen-bond donors (Lipinski definition) is 1. The number of carbonyl (C=O) groups excluding carboxylic acids is 2. The fourth-order valence-corrected chi connectivity index (χ4v) is 1.72. The molecule has 0 bridgehead atoms. The average molecular weight is 273 g/mol. The van der Waals surface area contributed by atoms with Gasteiger partial charge in [-0.3, -0.25) is 4.79 Å². The number of nitrogens with one attached hydrogen (secondary N) is 1. The molecule has 0 spiro atoms. The van der Waals surface area contributed by atoms with Crippen molar-refractivity contribution in [2.45, 2.75) is 13.5 Å². The smallest absolute Gasteiger partial charge is 0.396 e. The molecule has 1 aromatic carbocycles. The maximum atomic E-state index is 11.5. The van der Waals surface area contributed by atoms with Crippen molar-refractivity contribution in [3.63, 3.8) is 0 Å². The molecule has 0 saturated carbocycles. The topological polar surface area (TPSA) is 73.2 Å². The third-order valence-corrected chi connectivity index (χ3v) is 2.62. The van der Waals surface area contributed by atoms with E-state index in [9.17, 15) is 9.59 Å². The summed E-state index contributed by atoms with van der Waals surface area (Å²) in [6.07, 6.45) is 3.43. The summed E-state index contributed by atoms with van der Waals surface area (Å²) in [5.74, 6) is -1.02. The number of hydrogen-bond acceptors (Lipinski definition) is 4. The van der Waals surface area contributed by atoms with Crippen LogP contribution in [0.3, 0.4) is 0 Å². The van der Waals surface area contributed by atoms with E-state index in [1.54, 1.807) is 19.3 Å². The van der Waals surface area contributed by atoms with Crippen LogP contribution in [-0.2, 0) is 20.9 Å². The molecule has 0 fully saturated rings. The SMILES string of the molecule is CCOC(=O)C(=O)NCc1nccn1-c1ccccc1. The van der Waals surface area contributed by atoms with E-state index in [0.717, 1.165) is 5.69 Å². The summed E-state index contributed by atoms with van der Waals surface area (Å²) < 4.78 is 6.45. The second-order valence-electron chi connectivity index (χ2n) is 3.95. The van der Waals surface area contributed by atoms with Gasteiger partial charge in [0.25, 0.3) is 0 Å². The van der Waals surface area contributed by atoms with Crippen LogP contribution in [0.4, 0.5) is 0 Å². The summed E-state index contributed by atoms with van der Waals surface area (Å²) in [7, 11) is 0. The van der Waals surface area contributed by atoms with Crippen molar-refractivity contribution in [2.75, 3.05) is 6.61 Å². The summed E-state index contributed by atoms with van der Waals surface area (Å²) in [6, 6.07) is 9.60. The van der Waals surface area contributed by atoms with E-state index < -0.39 is 11.9 Å². The van der Waals surface area contributed by atoms with E-state index in [1.165, 1.54) is 0 Å². The lowest BCUT2D eigenvalue weighted by Gasteiger charge is -2.08. The number of para-hydroxylation sites is 1. The predicted molar refractivity (Wildman–Crippen MR) is 72.0 cm³/mol. The molecule has 104 valence electrons. The minimum atomic E-state index is -0.884. The molecule has 0 aliphatic heterocycles. The van der Waals surface area contributed by atoms with Crippen LogP contribution in [0.1, 0.15) is 12.7 Å². The third-order valence-electron chi connectivity index (χ3n) is 2.62. The minimum Gasteiger partial charge on any atom is -0.459 e. The van der Waals surface area contributed by atoms with E-state index in [4.69, 9.17) is 0 Å². The molecule has 1 heterocycles. The number of amides is 1. The Balaban J connectivity index is 2.03. The molecule has 1 amide bonds. The number of nitrogens with zero attached hydrogens (tertiary/aromatic N) is 2. The van der Waals surface area contributed by atoms with Gasteiger partial charge in [-0.2, -0.15) is 0 Å². The van der Waals surface area contributed by atoms with Gasteiger partial charge in [-0.25, -0.2) is 9.78 Å². The highest BCUT2D eigenvalue weighted by molar-refractivity contribution is 6.32. The Morgan fingerprint density at radius 2 is 2.05 bits per heavy atom. The number of rotatable bonds is 4. The highest BCUT2D eigenvalue weighted by Gasteiger charge is 2.15. The van der Waals surface area contributed by atoms with Crippen LogP contribution in [0.25, 0.3) is 5.69 Å². The summed E-state index contributed by atoms with van der Waals surface area (Å²) in [5, 5.41) is 2.48. The van der Waals surface area contributed by atoms with Gasteiger partial charge in [-0.15, -0.1) is 0 Å². The fourth-order valence-electron chi connectivity index (χ4n) is 1.72. The van der Waals surface area contributed by atoms with Crippen molar-refractivity contribution in [2.24, 2.45) is 0 Å². The number of ether oxygens (including phenoxy) is 1. The zero-order valence-electron chi connectivity index (χ0n) is 11.1. The predicted octanol–water partition coefficient (Wildman–Crippen LogP) is 1.05. The van der Waals surface area contributed by atoms with Crippen molar-refractivity contribution in [1.29, 1.82) is 0 Å². The van der Waals surface area contributed by atoms with Crippen LogP contribution in [0.5, 0.6) is 0 Å². The van der Waals surface area contributed by atoms with Crippen LogP contribution in [0.2, 0.25) is 0 Å². The van der Waals surface area contributed by atoms with Gasteiger partial charge in [0.1, 0.15) is 5.82 Å². The number of imidazole rings is 1. The minimum absolute atomic E-state index is 0.152. The van der Waals surface area contributed by atoms with E-state index >= 15 is 0 Å². The standard InChI is InChI=1S/C14H15N3O3/c1-2-20-14(19)13(18)16-10-12-15-8-9-17(12)11-6-4-3-5-7-11/h3-9H,2,10H2,1H3,(H,16,18). The highest BCUT2D eigenvalue weighted by atomic mass is 16.5. The Labute approximate surface area is 116 Å². The van der Waals surface area contributed by atoms with Crippen molar-refractivity contribution in [3.8, 4) is 5.69 Å². The Morgan fingerprint density at radius 3 is 2.75 bits per heavy atom. The molecule has 2 aromatic rings. The molecular formula is C14H15N3O3. The van der Waals surface area contributed by atoms with E-state index in [-0.39, 0.29) is 13.2 Å². The van der Waals surface area contributed by atoms with E-state index in [1.807, 2.05) is 34.9 Å². The van der Waals surface area contributed by atoms with Crippen LogP contribution in [0.15, 0.2) is 42.7 Å². The quantitative estimate of drug-likeness (QED) is 0.667. The van der Waals surface area contributed by atoms with Gasteiger partial charge in [0.05, 0.1) is 13.2 Å². The normalized spacial score (nSPS) is 10.1.